The van der Waals surface area contributed by atoms with Crippen LogP contribution in [0.3, 0.4) is 0 Å². The molecule has 4 heteroatoms. The van der Waals surface area contributed by atoms with Gasteiger partial charge in [-0.05, 0) is 18.6 Å². The Labute approximate surface area is 114 Å². The molecule has 19 heavy (non-hydrogen) atoms. The smallest absolute Gasteiger partial charge is 0.211 e. The lowest BCUT2D eigenvalue weighted by atomic mass is 10.0. The van der Waals surface area contributed by atoms with Crippen molar-refractivity contribution in [1.82, 2.24) is 4.72 Å². The molecule has 0 aliphatic heterocycles. The lowest BCUT2D eigenvalue weighted by Gasteiger charge is -2.12. The summed E-state index contributed by atoms with van der Waals surface area (Å²) in [4.78, 5) is 0.325. The second kappa shape index (κ2) is 5.55. The van der Waals surface area contributed by atoms with Crippen LogP contribution >= 0.6 is 0 Å². The van der Waals surface area contributed by atoms with Crippen LogP contribution in [0.1, 0.15) is 12.5 Å². The molecular weight excluding hydrogens is 258 g/mol. The van der Waals surface area contributed by atoms with Crippen LogP contribution in [0.4, 0.5) is 0 Å². The lowest BCUT2D eigenvalue weighted by Crippen LogP contribution is -2.23. The van der Waals surface area contributed by atoms with Gasteiger partial charge in [0.25, 0.3) is 0 Å². The number of aryl methyl sites for hydroxylation is 1. The summed E-state index contributed by atoms with van der Waals surface area (Å²) in [7, 11) is -3.46. The standard InChI is InChI=1S/C15H17NO2S/c1-3-16-19(17,18)15-10-9-12(2)11-14(15)13-7-5-4-6-8-13/h4-11,16H,3H2,1-2H3. The van der Waals surface area contributed by atoms with Gasteiger partial charge in [0.05, 0.1) is 4.90 Å². The van der Waals surface area contributed by atoms with Crippen LogP contribution in [0.15, 0.2) is 53.4 Å². The van der Waals surface area contributed by atoms with Crippen LogP contribution in [0.5, 0.6) is 0 Å². The fourth-order valence-corrected chi connectivity index (χ4v) is 3.24. The van der Waals surface area contributed by atoms with Gasteiger partial charge < -0.3 is 0 Å². The fraction of sp³-hybridized carbons (Fsp3) is 0.200. The number of nitrogens with one attached hydrogen (secondary N) is 1. The van der Waals surface area contributed by atoms with Crippen LogP contribution < -0.4 is 4.72 Å². The quantitative estimate of drug-likeness (QED) is 0.932. The van der Waals surface area contributed by atoms with Crippen molar-refractivity contribution in [2.24, 2.45) is 0 Å². The van der Waals surface area contributed by atoms with E-state index in [-0.39, 0.29) is 0 Å². The molecule has 2 aromatic carbocycles. The topological polar surface area (TPSA) is 46.2 Å². The van der Waals surface area contributed by atoms with Gasteiger partial charge in [0.15, 0.2) is 0 Å². The van der Waals surface area contributed by atoms with Crippen LogP contribution in [-0.4, -0.2) is 15.0 Å². The Balaban J connectivity index is 2.64. The third-order valence-corrected chi connectivity index (χ3v) is 4.45. The number of hydrogen-bond acceptors (Lipinski definition) is 2. The van der Waals surface area contributed by atoms with E-state index in [0.717, 1.165) is 16.7 Å². The predicted octanol–water partition coefficient (Wildman–Crippen LogP) is 2.96. The van der Waals surface area contributed by atoms with Crippen molar-refractivity contribution in [2.45, 2.75) is 18.7 Å². The third-order valence-electron chi connectivity index (χ3n) is 2.84. The summed E-state index contributed by atoms with van der Waals surface area (Å²) in [5.74, 6) is 0. The molecule has 2 aromatic rings. The largest absolute Gasteiger partial charge is 0.241 e. The van der Waals surface area contributed by atoms with E-state index >= 15 is 0 Å². The van der Waals surface area contributed by atoms with Gasteiger partial charge in [-0.15, -0.1) is 0 Å². The Hall–Kier alpha value is -1.65. The summed E-state index contributed by atoms with van der Waals surface area (Å²) in [6, 6.07) is 14.9. The van der Waals surface area contributed by atoms with Crippen molar-refractivity contribution in [1.29, 1.82) is 0 Å². The molecule has 0 amide bonds. The van der Waals surface area contributed by atoms with Crippen molar-refractivity contribution >= 4 is 10.0 Å². The van der Waals surface area contributed by atoms with Crippen molar-refractivity contribution in [2.75, 3.05) is 6.54 Å². The first-order chi connectivity index (χ1) is 9.04. The van der Waals surface area contributed by atoms with Gasteiger partial charge in [0.1, 0.15) is 0 Å². The molecule has 2 rings (SSSR count). The van der Waals surface area contributed by atoms with Gasteiger partial charge in [-0.3, -0.25) is 0 Å². The summed E-state index contributed by atoms with van der Waals surface area (Å²) in [6.07, 6.45) is 0. The average molecular weight is 275 g/mol. The predicted molar refractivity (Wildman–Crippen MR) is 77.5 cm³/mol. The molecular formula is C15H17NO2S. The van der Waals surface area contributed by atoms with Crippen molar-refractivity contribution < 1.29 is 8.42 Å². The van der Waals surface area contributed by atoms with E-state index in [1.807, 2.05) is 49.4 Å². The maximum atomic E-state index is 12.2. The minimum atomic E-state index is -3.46. The molecule has 0 fully saturated rings. The number of rotatable bonds is 4. The van der Waals surface area contributed by atoms with E-state index in [1.54, 1.807) is 13.0 Å². The molecule has 0 aromatic heterocycles. The second-order valence-corrected chi connectivity index (χ2v) is 6.10. The summed E-state index contributed by atoms with van der Waals surface area (Å²) in [5.41, 5.74) is 2.68. The van der Waals surface area contributed by atoms with Crippen molar-refractivity contribution in [3.63, 3.8) is 0 Å². The third kappa shape index (κ3) is 3.03. The highest BCUT2D eigenvalue weighted by atomic mass is 32.2. The molecule has 0 aliphatic carbocycles. The van der Waals surface area contributed by atoms with Crippen LogP contribution in [0, 0.1) is 6.92 Å². The highest BCUT2D eigenvalue weighted by molar-refractivity contribution is 7.89. The summed E-state index contributed by atoms with van der Waals surface area (Å²) in [5, 5.41) is 0. The molecule has 0 spiro atoms. The summed E-state index contributed by atoms with van der Waals surface area (Å²) in [6.45, 7) is 4.11. The first kappa shape index (κ1) is 13.8. The van der Waals surface area contributed by atoms with E-state index in [0.29, 0.717) is 11.4 Å². The Kier molecular flexibility index (Phi) is 4.02. The maximum absolute atomic E-state index is 12.2. The second-order valence-electron chi connectivity index (χ2n) is 4.37. The van der Waals surface area contributed by atoms with E-state index in [2.05, 4.69) is 4.72 Å². The highest BCUT2D eigenvalue weighted by Gasteiger charge is 2.18. The minimum absolute atomic E-state index is 0.325. The lowest BCUT2D eigenvalue weighted by molar-refractivity contribution is 0.584. The van der Waals surface area contributed by atoms with Gasteiger partial charge in [-0.2, -0.15) is 0 Å². The molecule has 0 atom stereocenters. The van der Waals surface area contributed by atoms with Crippen molar-refractivity contribution in [3.8, 4) is 11.1 Å². The number of hydrogen-bond donors (Lipinski definition) is 1. The highest BCUT2D eigenvalue weighted by Crippen LogP contribution is 2.28. The minimum Gasteiger partial charge on any atom is -0.211 e. The first-order valence-electron chi connectivity index (χ1n) is 6.20. The Bertz CT molecular complexity index is 664. The number of benzene rings is 2. The molecule has 100 valence electrons. The van der Waals surface area contributed by atoms with Crippen LogP contribution in [0.2, 0.25) is 0 Å². The molecule has 0 unspecified atom stereocenters. The van der Waals surface area contributed by atoms with Gasteiger partial charge in [0.2, 0.25) is 10.0 Å². The SMILES string of the molecule is CCNS(=O)(=O)c1ccc(C)cc1-c1ccccc1. The monoisotopic (exact) mass is 275 g/mol. The molecule has 0 saturated heterocycles. The average Bonchev–Trinajstić information content (AvgIpc) is 2.39. The molecule has 0 bridgehead atoms. The molecule has 0 aliphatic rings. The van der Waals surface area contributed by atoms with E-state index < -0.39 is 10.0 Å². The normalized spacial score (nSPS) is 11.5. The summed E-state index contributed by atoms with van der Waals surface area (Å²) >= 11 is 0. The fourth-order valence-electron chi connectivity index (χ4n) is 1.99. The van der Waals surface area contributed by atoms with Gasteiger partial charge >= 0.3 is 0 Å². The zero-order valence-electron chi connectivity index (χ0n) is 11.1. The van der Waals surface area contributed by atoms with Gasteiger partial charge in [0, 0.05) is 12.1 Å². The van der Waals surface area contributed by atoms with Gasteiger partial charge in [-0.25, -0.2) is 13.1 Å². The Morgan fingerprint density at radius 1 is 1.05 bits per heavy atom. The van der Waals surface area contributed by atoms with E-state index in [1.165, 1.54) is 0 Å². The molecule has 0 heterocycles. The van der Waals surface area contributed by atoms with E-state index in [9.17, 15) is 8.42 Å². The number of sulfonamides is 1. The zero-order valence-corrected chi connectivity index (χ0v) is 11.9. The van der Waals surface area contributed by atoms with Crippen LogP contribution in [0.25, 0.3) is 11.1 Å². The molecule has 1 N–H and O–H groups in total. The van der Waals surface area contributed by atoms with Crippen molar-refractivity contribution in [3.05, 3.63) is 54.1 Å². The molecule has 0 radical (unpaired) electrons. The molecule has 3 nitrogen and oxygen atoms in total. The van der Waals surface area contributed by atoms with E-state index in [4.69, 9.17) is 0 Å². The maximum Gasteiger partial charge on any atom is 0.241 e. The first-order valence-corrected chi connectivity index (χ1v) is 7.68. The molecule has 0 saturated carbocycles. The zero-order chi connectivity index (χ0) is 13.9. The Morgan fingerprint density at radius 3 is 2.37 bits per heavy atom. The summed E-state index contributed by atoms with van der Waals surface area (Å²) < 4.78 is 27.0. The van der Waals surface area contributed by atoms with Gasteiger partial charge in [-0.1, -0.05) is 55.0 Å². The Morgan fingerprint density at radius 2 is 1.74 bits per heavy atom. The van der Waals surface area contributed by atoms with Crippen LogP contribution in [-0.2, 0) is 10.0 Å².